The number of thiophene rings is 2. The van der Waals surface area contributed by atoms with Crippen molar-refractivity contribution in [2.24, 2.45) is 0 Å². The normalized spacial score (nSPS) is 12.1. The van der Waals surface area contributed by atoms with Gasteiger partial charge in [0.2, 0.25) is 0 Å². The lowest BCUT2D eigenvalue weighted by Gasteiger charge is -2.24. The van der Waals surface area contributed by atoms with Crippen molar-refractivity contribution < 1.29 is 9.90 Å². The zero-order chi connectivity index (χ0) is 19.3. The van der Waals surface area contributed by atoms with Gasteiger partial charge in [-0.25, -0.2) is 0 Å². The van der Waals surface area contributed by atoms with Crippen molar-refractivity contribution in [3.63, 3.8) is 0 Å². The number of rotatable bonds is 8. The molecule has 3 aromatic heterocycles. The summed E-state index contributed by atoms with van der Waals surface area (Å²) in [5.41, 5.74) is 3.57. The molecule has 0 aliphatic heterocycles. The summed E-state index contributed by atoms with van der Waals surface area (Å²) in [6.45, 7) is 0. The highest BCUT2D eigenvalue weighted by Gasteiger charge is 2.22. The largest absolute Gasteiger partial charge is 0.481 e. The lowest BCUT2D eigenvalue weighted by atomic mass is 10.00. The van der Waals surface area contributed by atoms with Gasteiger partial charge in [-0.15, -0.1) is 22.7 Å². The average Bonchev–Trinajstić information content (AvgIpc) is 3.46. The van der Waals surface area contributed by atoms with Gasteiger partial charge in [0.15, 0.2) is 0 Å². The zero-order valence-electron chi connectivity index (χ0n) is 15.3. The standard InChI is InChI=1S/C23H21NO2S2/c25-23(26)12-4-9-18(17-7-2-1-3-8-17)24-19(21-10-5-15-27-21)13-14-20(24)22-11-6-16-28-22/h1-3,5-8,10-11,13-16,18H,4,9,12H2,(H,25,26). The van der Waals surface area contributed by atoms with Crippen LogP contribution in [0.15, 0.2) is 77.5 Å². The molecule has 0 amide bonds. The second-order valence-electron chi connectivity index (χ2n) is 6.64. The molecular formula is C23H21NO2S2. The van der Waals surface area contributed by atoms with Crippen molar-refractivity contribution in [3.8, 4) is 21.1 Å². The van der Waals surface area contributed by atoms with Crippen molar-refractivity contribution in [3.05, 3.63) is 83.1 Å². The number of hydrogen-bond donors (Lipinski definition) is 1. The first-order valence-electron chi connectivity index (χ1n) is 9.30. The first-order valence-corrected chi connectivity index (χ1v) is 11.1. The van der Waals surface area contributed by atoms with Gasteiger partial charge in [-0.1, -0.05) is 42.5 Å². The molecule has 4 aromatic rings. The first-order chi connectivity index (χ1) is 13.7. The van der Waals surface area contributed by atoms with Crippen molar-refractivity contribution in [1.82, 2.24) is 4.57 Å². The number of aliphatic carboxylic acids is 1. The Morgan fingerprint density at radius 2 is 1.46 bits per heavy atom. The predicted octanol–water partition coefficient (Wildman–Crippen LogP) is 6.79. The summed E-state index contributed by atoms with van der Waals surface area (Å²) in [5.74, 6) is -0.740. The minimum absolute atomic E-state index is 0.0877. The molecule has 0 spiro atoms. The van der Waals surface area contributed by atoms with Crippen LogP contribution in [0, 0.1) is 0 Å². The smallest absolute Gasteiger partial charge is 0.303 e. The van der Waals surface area contributed by atoms with Crippen LogP contribution in [0.25, 0.3) is 21.1 Å². The third-order valence-electron chi connectivity index (χ3n) is 4.83. The van der Waals surface area contributed by atoms with Crippen LogP contribution in [-0.2, 0) is 4.79 Å². The second kappa shape index (κ2) is 8.59. The lowest BCUT2D eigenvalue weighted by molar-refractivity contribution is -0.137. The maximum atomic E-state index is 11.1. The molecule has 0 saturated heterocycles. The van der Waals surface area contributed by atoms with Gasteiger partial charge in [0.1, 0.15) is 0 Å². The van der Waals surface area contributed by atoms with Gasteiger partial charge < -0.3 is 9.67 Å². The van der Waals surface area contributed by atoms with Crippen LogP contribution in [0.2, 0.25) is 0 Å². The van der Waals surface area contributed by atoms with Gasteiger partial charge in [-0.05, 0) is 53.4 Å². The molecule has 142 valence electrons. The van der Waals surface area contributed by atoms with Gasteiger partial charge in [0.05, 0.1) is 27.2 Å². The predicted molar refractivity (Wildman–Crippen MR) is 117 cm³/mol. The Labute approximate surface area is 172 Å². The van der Waals surface area contributed by atoms with Crippen LogP contribution in [-0.4, -0.2) is 15.6 Å². The van der Waals surface area contributed by atoms with E-state index in [2.05, 4.69) is 76.0 Å². The van der Waals surface area contributed by atoms with Crippen molar-refractivity contribution in [1.29, 1.82) is 0 Å². The van der Waals surface area contributed by atoms with E-state index in [1.54, 1.807) is 22.7 Å². The Morgan fingerprint density at radius 1 is 0.857 bits per heavy atom. The van der Waals surface area contributed by atoms with Crippen LogP contribution in [0.3, 0.4) is 0 Å². The Kier molecular flexibility index (Phi) is 5.74. The summed E-state index contributed by atoms with van der Waals surface area (Å²) in [5, 5.41) is 13.3. The van der Waals surface area contributed by atoms with Gasteiger partial charge in [0.25, 0.3) is 0 Å². The number of aromatic nitrogens is 1. The van der Waals surface area contributed by atoms with Crippen LogP contribution in [0.1, 0.15) is 30.9 Å². The quantitative estimate of drug-likeness (QED) is 0.349. The monoisotopic (exact) mass is 407 g/mol. The SMILES string of the molecule is O=C(O)CCCC(c1ccccc1)n1c(-c2cccs2)ccc1-c1cccs1. The molecule has 1 N–H and O–H groups in total. The van der Waals surface area contributed by atoms with Crippen molar-refractivity contribution >= 4 is 28.6 Å². The van der Waals surface area contributed by atoms with E-state index in [0.29, 0.717) is 6.42 Å². The number of carboxylic acids is 1. The third kappa shape index (κ3) is 3.96. The molecule has 0 radical (unpaired) electrons. The minimum atomic E-state index is -0.740. The molecule has 28 heavy (non-hydrogen) atoms. The van der Waals surface area contributed by atoms with E-state index in [0.717, 1.165) is 6.42 Å². The maximum Gasteiger partial charge on any atom is 0.303 e. The van der Waals surface area contributed by atoms with Gasteiger partial charge in [-0.2, -0.15) is 0 Å². The van der Waals surface area contributed by atoms with Crippen LogP contribution >= 0.6 is 22.7 Å². The van der Waals surface area contributed by atoms with Crippen LogP contribution in [0.4, 0.5) is 0 Å². The summed E-state index contributed by atoms with van der Waals surface area (Å²) in [6, 6.07) is 23.3. The molecule has 1 unspecified atom stereocenters. The summed E-state index contributed by atoms with van der Waals surface area (Å²) in [7, 11) is 0. The van der Waals surface area contributed by atoms with Crippen LogP contribution in [0.5, 0.6) is 0 Å². The maximum absolute atomic E-state index is 11.1. The molecule has 3 nitrogen and oxygen atoms in total. The number of nitrogens with zero attached hydrogens (tertiary/aromatic N) is 1. The average molecular weight is 408 g/mol. The Hall–Kier alpha value is -2.63. The van der Waals surface area contributed by atoms with Gasteiger partial charge in [-0.3, -0.25) is 4.79 Å². The Balaban J connectivity index is 1.84. The molecular weight excluding hydrogens is 386 g/mol. The first kappa shape index (κ1) is 18.7. The highest BCUT2D eigenvalue weighted by Crippen LogP contribution is 2.39. The number of hydrogen-bond acceptors (Lipinski definition) is 3. The van der Waals surface area contributed by atoms with E-state index < -0.39 is 5.97 Å². The van der Waals surface area contributed by atoms with E-state index in [4.69, 9.17) is 5.11 Å². The van der Waals surface area contributed by atoms with Gasteiger partial charge >= 0.3 is 5.97 Å². The van der Waals surface area contributed by atoms with Crippen molar-refractivity contribution in [2.45, 2.75) is 25.3 Å². The summed E-state index contributed by atoms with van der Waals surface area (Å²) in [6.07, 6.45) is 1.61. The van der Waals surface area contributed by atoms with E-state index in [-0.39, 0.29) is 12.5 Å². The fourth-order valence-corrected chi connectivity index (χ4v) is 5.10. The van der Waals surface area contributed by atoms with E-state index >= 15 is 0 Å². The molecule has 3 heterocycles. The Bertz CT molecular complexity index is 966. The summed E-state index contributed by atoms with van der Waals surface area (Å²) < 4.78 is 2.40. The molecule has 4 rings (SSSR count). The fraction of sp³-hybridized carbons (Fsp3) is 0.174. The second-order valence-corrected chi connectivity index (χ2v) is 8.54. The highest BCUT2D eigenvalue weighted by atomic mass is 32.1. The molecule has 0 fully saturated rings. The molecule has 0 aliphatic carbocycles. The summed E-state index contributed by atoms with van der Waals surface area (Å²) in [4.78, 5) is 13.6. The Morgan fingerprint density at radius 3 is 1.96 bits per heavy atom. The van der Waals surface area contributed by atoms with Crippen molar-refractivity contribution in [2.75, 3.05) is 0 Å². The molecule has 0 saturated carbocycles. The summed E-state index contributed by atoms with van der Waals surface area (Å²) >= 11 is 3.46. The molecule has 0 bridgehead atoms. The fourth-order valence-electron chi connectivity index (χ4n) is 3.60. The molecule has 0 aliphatic rings. The topological polar surface area (TPSA) is 42.2 Å². The lowest BCUT2D eigenvalue weighted by Crippen LogP contribution is -2.13. The van der Waals surface area contributed by atoms with Gasteiger partial charge in [0, 0.05) is 6.42 Å². The zero-order valence-corrected chi connectivity index (χ0v) is 17.0. The number of carbonyl (C=O) groups is 1. The number of carboxylic acid groups (broad SMARTS) is 1. The molecule has 5 heteroatoms. The number of benzene rings is 1. The van der Waals surface area contributed by atoms with E-state index in [9.17, 15) is 4.79 Å². The minimum Gasteiger partial charge on any atom is -0.481 e. The third-order valence-corrected chi connectivity index (χ3v) is 6.61. The highest BCUT2D eigenvalue weighted by molar-refractivity contribution is 7.14. The van der Waals surface area contributed by atoms with Crippen LogP contribution < -0.4 is 0 Å². The molecule has 1 aromatic carbocycles. The van der Waals surface area contributed by atoms with E-state index in [1.165, 1.54) is 26.7 Å². The van der Waals surface area contributed by atoms with E-state index in [1.807, 2.05) is 6.07 Å². The molecule has 1 atom stereocenters.